The number of halogens is 1. The van der Waals surface area contributed by atoms with Gasteiger partial charge in [-0.25, -0.2) is 4.39 Å². The van der Waals surface area contributed by atoms with Crippen LogP contribution in [0, 0.1) is 0 Å². The molecule has 24 heavy (non-hydrogen) atoms. The maximum Gasteiger partial charge on any atom is 0.223 e. The first-order valence-electron chi connectivity index (χ1n) is 8.06. The minimum absolute atomic E-state index is 0.000701. The van der Waals surface area contributed by atoms with E-state index >= 15 is 0 Å². The summed E-state index contributed by atoms with van der Waals surface area (Å²) in [4.78, 5) is 16.9. The average Bonchev–Trinajstić information content (AvgIpc) is 2.59. The van der Waals surface area contributed by atoms with Crippen molar-refractivity contribution in [2.24, 2.45) is 10.7 Å². The normalized spacial score (nSPS) is 12.9. The van der Waals surface area contributed by atoms with Gasteiger partial charge in [-0.05, 0) is 37.7 Å². The van der Waals surface area contributed by atoms with Crippen LogP contribution in [0.4, 0.5) is 10.1 Å². The molecule has 1 aromatic carbocycles. The first-order valence-corrected chi connectivity index (χ1v) is 8.06. The summed E-state index contributed by atoms with van der Waals surface area (Å²) in [5, 5.41) is 6.62. The fraction of sp³-hybridized carbons (Fsp3) is 0.529. The van der Waals surface area contributed by atoms with Gasteiger partial charge >= 0.3 is 0 Å². The molecule has 1 aromatic rings. The van der Waals surface area contributed by atoms with E-state index in [-0.39, 0.29) is 17.8 Å². The number of carbonyl (C=O) groups excluding carboxylic acids is 1. The summed E-state index contributed by atoms with van der Waals surface area (Å²) >= 11 is 0. The Labute approximate surface area is 143 Å². The number of likely N-dealkylation sites (N-methyl/N-ethyl adjacent to an activating group) is 1. The maximum absolute atomic E-state index is 12.2. The summed E-state index contributed by atoms with van der Waals surface area (Å²) in [6.45, 7) is 2.88. The summed E-state index contributed by atoms with van der Waals surface area (Å²) in [6.07, 6.45) is 0.784. The Hall–Kier alpha value is -1.99. The lowest BCUT2D eigenvalue weighted by Gasteiger charge is -2.21. The minimum atomic E-state index is -0.698. The van der Waals surface area contributed by atoms with Crippen LogP contribution in [-0.2, 0) is 4.79 Å². The number of carbonyl (C=O) groups is 1. The molecule has 7 heteroatoms. The van der Waals surface area contributed by atoms with Crippen LogP contribution in [0.15, 0.2) is 29.3 Å². The second-order valence-electron chi connectivity index (χ2n) is 5.59. The van der Waals surface area contributed by atoms with E-state index in [1.165, 1.54) is 6.92 Å². The molecule has 1 rings (SSSR count). The number of rotatable bonds is 10. The van der Waals surface area contributed by atoms with E-state index in [2.05, 4.69) is 15.6 Å². The highest BCUT2D eigenvalue weighted by molar-refractivity contribution is 5.90. The Balaban J connectivity index is 2.59. The molecular formula is C17H28FN5O. The Morgan fingerprint density at radius 2 is 2.04 bits per heavy atom. The van der Waals surface area contributed by atoms with Crippen molar-refractivity contribution in [2.75, 3.05) is 45.3 Å². The molecule has 0 aliphatic carbocycles. The zero-order valence-electron chi connectivity index (χ0n) is 14.7. The zero-order valence-corrected chi connectivity index (χ0v) is 14.7. The lowest BCUT2D eigenvalue weighted by Crippen LogP contribution is -2.31. The number of nitrogens with zero attached hydrogens (tertiary/aromatic N) is 2. The number of alkyl halides is 1. The predicted molar refractivity (Wildman–Crippen MR) is 97.3 cm³/mol. The molecule has 1 atom stereocenters. The number of hydrogen-bond acceptors (Lipinski definition) is 4. The smallest absolute Gasteiger partial charge is 0.223 e. The van der Waals surface area contributed by atoms with Crippen LogP contribution >= 0.6 is 0 Å². The average molecular weight is 337 g/mol. The molecule has 0 saturated heterocycles. The molecule has 6 nitrogen and oxygen atoms in total. The highest BCUT2D eigenvalue weighted by Gasteiger charge is 2.11. The third kappa shape index (κ3) is 6.64. The van der Waals surface area contributed by atoms with Gasteiger partial charge in [0.05, 0.1) is 0 Å². The van der Waals surface area contributed by atoms with Gasteiger partial charge in [-0.2, -0.15) is 0 Å². The monoisotopic (exact) mass is 337 g/mol. The molecule has 0 radical (unpaired) electrons. The number of aliphatic imine (C=N–C) groups is 1. The van der Waals surface area contributed by atoms with E-state index in [4.69, 9.17) is 5.73 Å². The summed E-state index contributed by atoms with van der Waals surface area (Å²) in [6, 6.07) is 8.06. The van der Waals surface area contributed by atoms with Crippen LogP contribution in [0.5, 0.6) is 0 Å². The molecule has 1 amide bonds. The van der Waals surface area contributed by atoms with Crippen molar-refractivity contribution in [2.45, 2.75) is 19.4 Å². The molecule has 4 N–H and O–H groups in total. The van der Waals surface area contributed by atoms with Crippen molar-refractivity contribution >= 4 is 17.4 Å². The maximum atomic E-state index is 12.2. The SMILES string of the molecule is CNCC(NCCCN=C(N)CF)c1ccc(N(C)C(C)=O)cc1. The second-order valence-corrected chi connectivity index (χ2v) is 5.59. The lowest BCUT2D eigenvalue weighted by molar-refractivity contribution is -0.116. The highest BCUT2D eigenvalue weighted by Crippen LogP contribution is 2.18. The number of nitrogens with one attached hydrogen (secondary N) is 2. The summed E-state index contributed by atoms with van der Waals surface area (Å²) in [5.74, 6) is 0.0488. The van der Waals surface area contributed by atoms with E-state index in [1.54, 1.807) is 11.9 Å². The first kappa shape index (κ1) is 20.1. The minimum Gasteiger partial charge on any atom is -0.385 e. The Kier molecular flexibility index (Phi) is 8.96. The fourth-order valence-electron chi connectivity index (χ4n) is 2.24. The van der Waals surface area contributed by atoms with Crippen LogP contribution in [0.2, 0.25) is 0 Å². The Morgan fingerprint density at radius 3 is 2.58 bits per heavy atom. The van der Waals surface area contributed by atoms with Crippen molar-refractivity contribution in [3.8, 4) is 0 Å². The molecule has 134 valence electrons. The zero-order chi connectivity index (χ0) is 17.9. The van der Waals surface area contributed by atoms with E-state index in [0.29, 0.717) is 6.54 Å². The van der Waals surface area contributed by atoms with Gasteiger partial charge in [-0.15, -0.1) is 0 Å². The van der Waals surface area contributed by atoms with Crippen LogP contribution < -0.4 is 21.3 Å². The largest absolute Gasteiger partial charge is 0.385 e. The topological polar surface area (TPSA) is 82.8 Å². The van der Waals surface area contributed by atoms with E-state index < -0.39 is 6.67 Å². The van der Waals surface area contributed by atoms with Crippen molar-refractivity contribution in [3.05, 3.63) is 29.8 Å². The number of benzene rings is 1. The number of amidine groups is 1. The molecule has 0 fully saturated rings. The van der Waals surface area contributed by atoms with Gasteiger partial charge in [0.15, 0.2) is 0 Å². The standard InChI is InChI=1S/C17H28FN5O/c1-13(24)23(3)15-7-5-14(6-8-15)16(12-20-2)21-9-4-10-22-17(19)11-18/h5-8,16,20-21H,4,9-12H2,1-3H3,(H2,19,22). The molecule has 0 saturated carbocycles. The fourth-order valence-corrected chi connectivity index (χ4v) is 2.24. The van der Waals surface area contributed by atoms with Crippen molar-refractivity contribution < 1.29 is 9.18 Å². The van der Waals surface area contributed by atoms with Crippen LogP contribution in [-0.4, -0.2) is 52.1 Å². The predicted octanol–water partition coefficient (Wildman–Crippen LogP) is 1.24. The quantitative estimate of drug-likeness (QED) is 0.341. The van der Waals surface area contributed by atoms with Crippen LogP contribution in [0.1, 0.15) is 24.9 Å². The first-order chi connectivity index (χ1) is 11.5. The molecular weight excluding hydrogens is 309 g/mol. The number of hydrogen-bond donors (Lipinski definition) is 3. The summed E-state index contributed by atoms with van der Waals surface area (Å²) in [5.41, 5.74) is 7.33. The lowest BCUT2D eigenvalue weighted by atomic mass is 10.1. The van der Waals surface area contributed by atoms with Gasteiger partial charge in [0.2, 0.25) is 5.91 Å². The van der Waals surface area contributed by atoms with Crippen LogP contribution in [0.3, 0.4) is 0 Å². The Morgan fingerprint density at radius 1 is 1.38 bits per heavy atom. The highest BCUT2D eigenvalue weighted by atomic mass is 19.1. The molecule has 0 bridgehead atoms. The van der Waals surface area contributed by atoms with E-state index in [0.717, 1.165) is 30.8 Å². The number of amides is 1. The second kappa shape index (κ2) is 10.7. The summed E-state index contributed by atoms with van der Waals surface area (Å²) in [7, 11) is 3.66. The molecule has 0 heterocycles. The molecule has 0 aliphatic rings. The number of anilines is 1. The van der Waals surface area contributed by atoms with E-state index in [1.807, 2.05) is 31.3 Å². The van der Waals surface area contributed by atoms with Gasteiger partial charge in [0.1, 0.15) is 12.5 Å². The van der Waals surface area contributed by atoms with Crippen molar-refractivity contribution in [1.82, 2.24) is 10.6 Å². The molecule has 0 aromatic heterocycles. The number of nitrogens with two attached hydrogens (primary N) is 1. The van der Waals surface area contributed by atoms with Gasteiger partial charge in [-0.1, -0.05) is 12.1 Å². The molecule has 1 unspecified atom stereocenters. The third-order valence-electron chi connectivity index (χ3n) is 3.74. The van der Waals surface area contributed by atoms with E-state index in [9.17, 15) is 9.18 Å². The molecule has 0 spiro atoms. The van der Waals surface area contributed by atoms with Crippen molar-refractivity contribution in [3.63, 3.8) is 0 Å². The van der Waals surface area contributed by atoms with Gasteiger partial charge in [-0.3, -0.25) is 9.79 Å². The third-order valence-corrected chi connectivity index (χ3v) is 3.74. The van der Waals surface area contributed by atoms with Gasteiger partial charge in [0.25, 0.3) is 0 Å². The van der Waals surface area contributed by atoms with Gasteiger partial charge in [0, 0.05) is 38.8 Å². The van der Waals surface area contributed by atoms with Crippen LogP contribution in [0.25, 0.3) is 0 Å². The molecule has 0 aliphatic heterocycles. The Bertz CT molecular complexity index is 532. The van der Waals surface area contributed by atoms with Crippen molar-refractivity contribution in [1.29, 1.82) is 0 Å². The van der Waals surface area contributed by atoms with Gasteiger partial charge < -0.3 is 21.3 Å². The summed E-state index contributed by atoms with van der Waals surface area (Å²) < 4.78 is 12.2.